The molecule has 0 bridgehead atoms. The van der Waals surface area contributed by atoms with Crippen LogP contribution in [0.1, 0.15) is 20.3 Å². The van der Waals surface area contributed by atoms with Gasteiger partial charge in [0, 0.05) is 5.41 Å². The first-order valence-corrected chi connectivity index (χ1v) is 8.45. The third kappa shape index (κ3) is 44.8. The highest BCUT2D eigenvalue weighted by atomic mass is 32.2. The molecule has 8 nitrogen and oxygen atoms in total. The van der Waals surface area contributed by atoms with E-state index in [1.54, 1.807) is 0 Å². The van der Waals surface area contributed by atoms with Gasteiger partial charge in [0.2, 0.25) is 0 Å². The summed E-state index contributed by atoms with van der Waals surface area (Å²) in [6.07, 6.45) is 2.25. The zero-order valence-electron chi connectivity index (χ0n) is 10.9. The molecule has 0 aromatic rings. The van der Waals surface area contributed by atoms with E-state index in [4.69, 9.17) is 19.3 Å². The fourth-order valence-electron chi connectivity index (χ4n) is 0.274. The molecule has 0 fully saturated rings. The zero-order valence-corrected chi connectivity index (χ0v) is 12.5. The first-order valence-electron chi connectivity index (χ1n) is 4.75. The van der Waals surface area contributed by atoms with Crippen LogP contribution in [0.3, 0.4) is 0 Å². The van der Waals surface area contributed by atoms with Crippen molar-refractivity contribution in [3.8, 4) is 0 Å². The average molecular weight is 310 g/mol. The third-order valence-corrected chi connectivity index (χ3v) is 1.62. The van der Waals surface area contributed by atoms with Gasteiger partial charge in [0.25, 0.3) is 20.2 Å². The van der Waals surface area contributed by atoms with E-state index >= 15 is 0 Å². The monoisotopic (exact) mass is 310 g/mol. The summed E-state index contributed by atoms with van der Waals surface area (Å²) < 4.78 is 51.7. The van der Waals surface area contributed by atoms with E-state index in [-0.39, 0.29) is 18.6 Å². The Morgan fingerprint density at radius 3 is 1.06 bits per heavy atom. The van der Waals surface area contributed by atoms with Gasteiger partial charge in [-0.3, -0.25) is 9.11 Å². The largest absolute Gasteiger partial charge is 0.396 e. The second-order valence-electron chi connectivity index (χ2n) is 3.95. The van der Waals surface area contributed by atoms with Crippen molar-refractivity contribution in [2.75, 3.05) is 25.7 Å². The molecule has 0 saturated heterocycles. The molecule has 18 heavy (non-hydrogen) atoms. The Labute approximate surface area is 108 Å². The highest BCUT2D eigenvalue weighted by Gasteiger charge is 2.18. The van der Waals surface area contributed by atoms with Crippen LogP contribution in [0.25, 0.3) is 0 Å². The molecule has 0 unspecified atom stereocenters. The van der Waals surface area contributed by atoms with Crippen LogP contribution >= 0.6 is 0 Å². The van der Waals surface area contributed by atoms with Gasteiger partial charge >= 0.3 is 0 Å². The smallest absolute Gasteiger partial charge is 0.261 e. The van der Waals surface area contributed by atoms with E-state index in [1.807, 2.05) is 13.8 Å². The van der Waals surface area contributed by atoms with Gasteiger partial charge < -0.3 is 10.2 Å². The van der Waals surface area contributed by atoms with Crippen molar-refractivity contribution in [3.63, 3.8) is 0 Å². The van der Waals surface area contributed by atoms with Gasteiger partial charge in [-0.15, -0.1) is 0 Å². The molecule has 0 atom stereocenters. The number of rotatable bonds is 3. The topological polar surface area (TPSA) is 149 Å². The molecule has 114 valence electrons. The number of hydrogen-bond acceptors (Lipinski definition) is 6. The maximum atomic E-state index is 9.19. The predicted octanol–water partition coefficient (Wildman–Crippen LogP) is -0.605. The Morgan fingerprint density at radius 2 is 1.06 bits per heavy atom. The van der Waals surface area contributed by atoms with Crippen molar-refractivity contribution >= 4 is 20.2 Å². The highest BCUT2D eigenvalue weighted by Crippen LogP contribution is 2.17. The maximum absolute atomic E-state index is 9.19. The Balaban J connectivity index is -0.000000197. The molecule has 10 heteroatoms. The summed E-state index contributed by atoms with van der Waals surface area (Å²) in [6.45, 7) is 3.94. The van der Waals surface area contributed by atoms with Gasteiger partial charge in [-0.1, -0.05) is 13.8 Å². The molecule has 0 spiro atoms. The van der Waals surface area contributed by atoms with Crippen LogP contribution in [0.5, 0.6) is 0 Å². The van der Waals surface area contributed by atoms with Crippen LogP contribution in [0.15, 0.2) is 0 Å². The fourth-order valence-corrected chi connectivity index (χ4v) is 0.274. The summed E-state index contributed by atoms with van der Waals surface area (Å²) >= 11 is 0. The van der Waals surface area contributed by atoms with Crippen LogP contribution in [0.2, 0.25) is 0 Å². The molecule has 0 heterocycles. The van der Waals surface area contributed by atoms with Gasteiger partial charge in [-0.05, 0) is 6.42 Å². The summed E-state index contributed by atoms with van der Waals surface area (Å²) in [4.78, 5) is 0. The minimum Gasteiger partial charge on any atom is -0.396 e. The Morgan fingerprint density at radius 1 is 0.889 bits per heavy atom. The molecule has 0 amide bonds. The number of aliphatic hydroxyl groups excluding tert-OH is 2. The van der Waals surface area contributed by atoms with E-state index in [2.05, 4.69) is 0 Å². The molecule has 0 aliphatic carbocycles. The van der Waals surface area contributed by atoms with Gasteiger partial charge in [0.1, 0.15) is 0 Å². The van der Waals surface area contributed by atoms with Crippen molar-refractivity contribution in [1.29, 1.82) is 0 Å². The standard InChI is InChI=1S/C6H14O2.2CH4O3S/c1-3-6(2,4-7)5-8;2*1-5(2,3)4/h7-8H,3-5H2,1-2H3;2*1H3,(H,2,3,4). The SMILES string of the molecule is CCC(C)(CO)CO.CS(=O)(=O)O.CS(=O)(=O)O. The van der Waals surface area contributed by atoms with Crippen LogP contribution in [-0.2, 0) is 20.2 Å². The van der Waals surface area contributed by atoms with E-state index in [0.717, 1.165) is 6.42 Å². The minimum absolute atomic E-state index is 0.0694. The molecular weight excluding hydrogens is 288 g/mol. The van der Waals surface area contributed by atoms with Crippen LogP contribution in [0, 0.1) is 5.41 Å². The zero-order chi connectivity index (χ0) is 15.6. The van der Waals surface area contributed by atoms with Crippen LogP contribution < -0.4 is 0 Å². The number of hydrogen-bond donors (Lipinski definition) is 4. The lowest BCUT2D eigenvalue weighted by Crippen LogP contribution is -2.24. The third-order valence-electron chi connectivity index (χ3n) is 1.62. The summed E-state index contributed by atoms with van der Waals surface area (Å²) in [6, 6.07) is 0. The summed E-state index contributed by atoms with van der Waals surface area (Å²) in [7, 11) is -7.33. The van der Waals surface area contributed by atoms with Gasteiger partial charge in [0.05, 0.1) is 25.7 Å². The van der Waals surface area contributed by atoms with Crippen molar-refractivity contribution in [1.82, 2.24) is 0 Å². The quantitative estimate of drug-likeness (QED) is 0.504. The lowest BCUT2D eigenvalue weighted by atomic mass is 9.90. The van der Waals surface area contributed by atoms with E-state index in [1.165, 1.54) is 0 Å². The van der Waals surface area contributed by atoms with Crippen LogP contribution in [-0.4, -0.2) is 61.9 Å². The summed E-state index contributed by atoms with van der Waals surface area (Å²) in [5.41, 5.74) is -0.264. The Hall–Kier alpha value is -0.260. The fraction of sp³-hybridized carbons (Fsp3) is 1.00. The number of aliphatic hydroxyl groups is 2. The second-order valence-corrected chi connectivity index (χ2v) is 6.88. The van der Waals surface area contributed by atoms with Crippen molar-refractivity contribution in [2.24, 2.45) is 5.41 Å². The molecule has 0 radical (unpaired) electrons. The summed E-state index contributed by atoms with van der Waals surface area (Å²) in [5.74, 6) is 0. The Bertz CT molecular complexity index is 325. The lowest BCUT2D eigenvalue weighted by molar-refractivity contribution is 0.0670. The van der Waals surface area contributed by atoms with E-state index < -0.39 is 20.2 Å². The second kappa shape index (κ2) is 9.64. The Kier molecular flexibility index (Phi) is 12.3. The van der Waals surface area contributed by atoms with Gasteiger partial charge in [0.15, 0.2) is 0 Å². The minimum atomic E-state index is -3.67. The normalized spacial score (nSPS) is 11.8. The lowest BCUT2D eigenvalue weighted by Gasteiger charge is -2.21. The molecule has 0 saturated carbocycles. The molecular formula is C8H22O8S2. The van der Waals surface area contributed by atoms with Crippen molar-refractivity contribution in [2.45, 2.75) is 20.3 Å². The van der Waals surface area contributed by atoms with E-state index in [0.29, 0.717) is 12.5 Å². The average Bonchev–Trinajstić information content (AvgIpc) is 2.11. The van der Waals surface area contributed by atoms with Gasteiger partial charge in [-0.2, -0.15) is 16.8 Å². The molecule has 0 rings (SSSR count). The molecule has 0 aromatic carbocycles. The van der Waals surface area contributed by atoms with Crippen molar-refractivity contribution in [3.05, 3.63) is 0 Å². The molecule has 0 aliphatic rings. The molecule has 0 aromatic heterocycles. The summed E-state index contributed by atoms with van der Waals surface area (Å²) in [5, 5.41) is 17.3. The first kappa shape index (κ1) is 22.9. The molecule has 0 aliphatic heterocycles. The predicted molar refractivity (Wildman–Crippen MR) is 67.5 cm³/mol. The van der Waals surface area contributed by atoms with Gasteiger partial charge in [-0.25, -0.2) is 0 Å². The molecule has 4 N–H and O–H groups in total. The van der Waals surface area contributed by atoms with E-state index in [9.17, 15) is 16.8 Å². The first-order chi connectivity index (χ1) is 7.68. The maximum Gasteiger partial charge on any atom is 0.261 e. The highest BCUT2D eigenvalue weighted by molar-refractivity contribution is 7.85. The van der Waals surface area contributed by atoms with Crippen LogP contribution in [0.4, 0.5) is 0 Å². The van der Waals surface area contributed by atoms with Crippen molar-refractivity contribution < 1.29 is 36.2 Å².